The van der Waals surface area contributed by atoms with E-state index in [-0.39, 0.29) is 0 Å². The van der Waals surface area contributed by atoms with Crippen LogP contribution in [-0.4, -0.2) is 41.3 Å². The van der Waals surface area contributed by atoms with Gasteiger partial charge in [-0.15, -0.1) is 0 Å². The summed E-state index contributed by atoms with van der Waals surface area (Å²) in [5.41, 5.74) is 0.942. The van der Waals surface area contributed by atoms with Crippen molar-refractivity contribution < 1.29 is 4.74 Å². The van der Waals surface area contributed by atoms with Crippen molar-refractivity contribution >= 4 is 5.96 Å². The summed E-state index contributed by atoms with van der Waals surface area (Å²) in [6, 6.07) is 7.67. The molecule has 3 N–H and O–H groups in total. The van der Waals surface area contributed by atoms with Gasteiger partial charge in [-0.3, -0.25) is 5.10 Å². The van der Waals surface area contributed by atoms with Crippen molar-refractivity contribution in [3.63, 3.8) is 0 Å². The maximum atomic E-state index is 5.17. The second-order valence-electron chi connectivity index (χ2n) is 5.66. The standard InChI is InChI=1S/C18H28N6O/c1-4-6-7-12-20-18(19-5-2)21-13-16-22-17(24-23-16)14-8-10-15(25-3)11-9-14/h8-11H,4-7,12-13H2,1-3H3,(H2,19,20,21)(H,22,23,24). The lowest BCUT2D eigenvalue weighted by Gasteiger charge is -2.10. The minimum Gasteiger partial charge on any atom is -0.497 e. The van der Waals surface area contributed by atoms with Gasteiger partial charge in [0.15, 0.2) is 11.8 Å². The Labute approximate surface area is 149 Å². The lowest BCUT2D eigenvalue weighted by Crippen LogP contribution is -2.37. The van der Waals surface area contributed by atoms with E-state index in [0.717, 1.165) is 42.6 Å². The van der Waals surface area contributed by atoms with Gasteiger partial charge >= 0.3 is 0 Å². The monoisotopic (exact) mass is 344 g/mol. The Balaban J connectivity index is 1.95. The fraction of sp³-hybridized carbons (Fsp3) is 0.500. The Morgan fingerprint density at radius 1 is 1.16 bits per heavy atom. The summed E-state index contributed by atoms with van der Waals surface area (Å²) in [5, 5.41) is 13.8. The van der Waals surface area contributed by atoms with Gasteiger partial charge in [0, 0.05) is 18.7 Å². The normalized spacial score (nSPS) is 11.4. The Morgan fingerprint density at radius 3 is 2.64 bits per heavy atom. The molecular formula is C18H28N6O. The molecule has 0 radical (unpaired) electrons. The zero-order valence-electron chi connectivity index (χ0n) is 15.3. The van der Waals surface area contributed by atoms with E-state index < -0.39 is 0 Å². The summed E-state index contributed by atoms with van der Waals surface area (Å²) >= 11 is 0. The third-order valence-electron chi connectivity index (χ3n) is 3.68. The molecule has 7 nitrogen and oxygen atoms in total. The van der Waals surface area contributed by atoms with Crippen molar-refractivity contribution in [3.05, 3.63) is 30.1 Å². The predicted octanol–water partition coefficient (Wildman–Crippen LogP) is 2.73. The molecule has 0 atom stereocenters. The molecule has 0 spiro atoms. The van der Waals surface area contributed by atoms with Gasteiger partial charge < -0.3 is 15.4 Å². The Morgan fingerprint density at radius 2 is 1.96 bits per heavy atom. The molecule has 0 amide bonds. The Bertz CT molecular complexity index is 650. The number of benzene rings is 1. The molecule has 0 aliphatic carbocycles. The number of nitrogens with one attached hydrogen (secondary N) is 3. The number of hydrogen-bond acceptors (Lipinski definition) is 4. The number of methoxy groups -OCH3 is 1. The van der Waals surface area contributed by atoms with Crippen LogP contribution in [0.4, 0.5) is 0 Å². The molecule has 2 rings (SSSR count). The zero-order valence-corrected chi connectivity index (χ0v) is 15.3. The summed E-state index contributed by atoms with van der Waals surface area (Å²) in [7, 11) is 1.65. The van der Waals surface area contributed by atoms with E-state index in [2.05, 4.69) is 44.7 Å². The first-order chi connectivity index (χ1) is 12.3. The largest absolute Gasteiger partial charge is 0.497 e. The van der Waals surface area contributed by atoms with E-state index >= 15 is 0 Å². The second-order valence-corrected chi connectivity index (χ2v) is 5.66. The van der Waals surface area contributed by atoms with E-state index in [4.69, 9.17) is 4.74 Å². The molecule has 0 fully saturated rings. The first kappa shape index (κ1) is 18.8. The topological polar surface area (TPSA) is 87.2 Å². The molecule has 1 aromatic carbocycles. The van der Waals surface area contributed by atoms with Crippen molar-refractivity contribution in [1.29, 1.82) is 0 Å². The van der Waals surface area contributed by atoms with Crippen LogP contribution in [0.3, 0.4) is 0 Å². The lowest BCUT2D eigenvalue weighted by atomic mass is 10.2. The van der Waals surface area contributed by atoms with Crippen molar-refractivity contribution in [1.82, 2.24) is 25.8 Å². The van der Waals surface area contributed by atoms with Gasteiger partial charge in [0.1, 0.15) is 18.1 Å². The summed E-state index contributed by atoms with van der Waals surface area (Å²) in [6.45, 7) is 6.45. The average Bonchev–Trinajstić information content (AvgIpc) is 3.12. The zero-order chi connectivity index (χ0) is 17.9. The molecule has 0 aliphatic rings. The number of aliphatic imine (C=N–C) groups is 1. The first-order valence-electron chi connectivity index (χ1n) is 8.84. The molecular weight excluding hydrogens is 316 g/mol. The number of aromatic nitrogens is 3. The van der Waals surface area contributed by atoms with Crippen LogP contribution in [0.5, 0.6) is 5.75 Å². The third-order valence-corrected chi connectivity index (χ3v) is 3.68. The highest BCUT2D eigenvalue weighted by Gasteiger charge is 2.06. The summed E-state index contributed by atoms with van der Waals surface area (Å²) in [4.78, 5) is 9.06. The molecule has 25 heavy (non-hydrogen) atoms. The van der Waals surface area contributed by atoms with Crippen molar-refractivity contribution in [2.45, 2.75) is 39.7 Å². The van der Waals surface area contributed by atoms with Crippen LogP contribution in [0.2, 0.25) is 0 Å². The molecule has 1 heterocycles. The highest BCUT2D eigenvalue weighted by molar-refractivity contribution is 5.79. The summed E-state index contributed by atoms with van der Waals surface area (Å²) in [5.74, 6) is 3.01. The molecule has 0 saturated carbocycles. The molecule has 7 heteroatoms. The molecule has 0 bridgehead atoms. The van der Waals surface area contributed by atoms with E-state index in [1.54, 1.807) is 7.11 Å². The molecule has 2 aromatic rings. The van der Waals surface area contributed by atoms with Gasteiger partial charge in [-0.05, 0) is 37.6 Å². The van der Waals surface area contributed by atoms with Crippen LogP contribution < -0.4 is 15.4 Å². The number of guanidine groups is 1. The summed E-state index contributed by atoms with van der Waals surface area (Å²) in [6.07, 6.45) is 3.58. The second kappa shape index (κ2) is 10.3. The van der Waals surface area contributed by atoms with Crippen molar-refractivity contribution in [2.24, 2.45) is 4.99 Å². The SMILES string of the molecule is CCCCCNC(=NCc1nc(-c2ccc(OC)cc2)n[nH]1)NCC. The van der Waals surface area contributed by atoms with Crippen LogP contribution in [-0.2, 0) is 6.54 Å². The van der Waals surface area contributed by atoms with Crippen molar-refractivity contribution in [3.8, 4) is 17.1 Å². The van der Waals surface area contributed by atoms with Crippen LogP contribution in [0.15, 0.2) is 29.3 Å². The van der Waals surface area contributed by atoms with Gasteiger partial charge in [0.05, 0.1) is 7.11 Å². The average molecular weight is 344 g/mol. The molecule has 1 aromatic heterocycles. The van der Waals surface area contributed by atoms with Gasteiger partial charge in [-0.25, -0.2) is 9.98 Å². The van der Waals surface area contributed by atoms with E-state index in [1.807, 2.05) is 24.3 Å². The van der Waals surface area contributed by atoms with Crippen LogP contribution in [0.25, 0.3) is 11.4 Å². The van der Waals surface area contributed by atoms with Gasteiger partial charge in [0.2, 0.25) is 0 Å². The predicted molar refractivity (Wildman–Crippen MR) is 101 cm³/mol. The lowest BCUT2D eigenvalue weighted by molar-refractivity contribution is 0.415. The van der Waals surface area contributed by atoms with E-state index in [1.165, 1.54) is 12.8 Å². The van der Waals surface area contributed by atoms with Gasteiger partial charge in [-0.1, -0.05) is 19.8 Å². The number of unbranched alkanes of at least 4 members (excludes halogenated alkanes) is 2. The Hall–Kier alpha value is -2.57. The molecule has 0 aliphatic heterocycles. The highest BCUT2D eigenvalue weighted by Crippen LogP contribution is 2.18. The minimum atomic E-state index is 0.451. The first-order valence-corrected chi connectivity index (χ1v) is 8.84. The molecule has 136 valence electrons. The van der Waals surface area contributed by atoms with Crippen molar-refractivity contribution in [2.75, 3.05) is 20.2 Å². The van der Waals surface area contributed by atoms with Gasteiger partial charge in [-0.2, -0.15) is 5.10 Å². The van der Waals surface area contributed by atoms with Gasteiger partial charge in [0.25, 0.3) is 0 Å². The maximum Gasteiger partial charge on any atom is 0.191 e. The summed E-state index contributed by atoms with van der Waals surface area (Å²) < 4.78 is 5.17. The number of rotatable bonds is 9. The van der Waals surface area contributed by atoms with Crippen LogP contribution in [0.1, 0.15) is 38.9 Å². The molecule has 0 saturated heterocycles. The number of hydrogen-bond donors (Lipinski definition) is 3. The third kappa shape index (κ3) is 6.10. The quantitative estimate of drug-likeness (QED) is 0.370. The molecule has 0 unspecified atom stereocenters. The number of H-pyrrole nitrogens is 1. The minimum absolute atomic E-state index is 0.451. The highest BCUT2D eigenvalue weighted by atomic mass is 16.5. The number of aromatic amines is 1. The van der Waals surface area contributed by atoms with Crippen LogP contribution in [0, 0.1) is 0 Å². The Kier molecular flexibility index (Phi) is 7.75. The smallest absolute Gasteiger partial charge is 0.191 e. The van der Waals surface area contributed by atoms with Crippen LogP contribution >= 0.6 is 0 Å². The fourth-order valence-electron chi connectivity index (χ4n) is 2.31. The van der Waals surface area contributed by atoms with E-state index in [0.29, 0.717) is 12.4 Å². The number of ether oxygens (including phenoxy) is 1. The van der Waals surface area contributed by atoms with E-state index in [9.17, 15) is 0 Å². The maximum absolute atomic E-state index is 5.17. The fourth-order valence-corrected chi connectivity index (χ4v) is 2.31. The number of nitrogens with zero attached hydrogens (tertiary/aromatic N) is 3.